The van der Waals surface area contributed by atoms with Crippen LogP contribution in [0.4, 0.5) is 0 Å². The molecule has 0 spiro atoms. The van der Waals surface area contributed by atoms with Gasteiger partial charge >= 0.3 is 0 Å². The van der Waals surface area contributed by atoms with E-state index in [0.29, 0.717) is 22.7 Å². The van der Waals surface area contributed by atoms with E-state index in [1.165, 1.54) is 0 Å². The van der Waals surface area contributed by atoms with E-state index in [0.717, 1.165) is 19.3 Å². The lowest BCUT2D eigenvalue weighted by Gasteiger charge is -2.40. The number of methoxy groups -OCH3 is 1. The number of amides is 1. The van der Waals surface area contributed by atoms with E-state index in [-0.39, 0.29) is 11.5 Å². The van der Waals surface area contributed by atoms with Gasteiger partial charge in [-0.05, 0) is 31.4 Å². The highest BCUT2D eigenvalue weighted by Crippen LogP contribution is 2.34. The molecular formula is C14H18N2O2S. The Morgan fingerprint density at radius 2 is 2.16 bits per heavy atom. The number of thiocarbonyl (C=S) groups is 1. The van der Waals surface area contributed by atoms with Gasteiger partial charge in [-0.3, -0.25) is 4.79 Å². The predicted molar refractivity (Wildman–Crippen MR) is 78.3 cm³/mol. The predicted octanol–water partition coefficient (Wildman–Crippen LogP) is 1.62. The summed E-state index contributed by atoms with van der Waals surface area (Å²) in [5.74, 6) is -0.124. The van der Waals surface area contributed by atoms with Gasteiger partial charge in [0, 0.05) is 24.8 Å². The quantitative estimate of drug-likeness (QED) is 0.803. The van der Waals surface area contributed by atoms with Crippen molar-refractivity contribution in [2.45, 2.75) is 24.9 Å². The maximum absolute atomic E-state index is 12.1. The van der Waals surface area contributed by atoms with Crippen LogP contribution in [0.5, 0.6) is 0 Å². The SMILES string of the molecule is COC1(CNC(=O)c2cccc(C(N)=S)c2)CCC1. The first-order valence-corrected chi connectivity index (χ1v) is 6.70. The summed E-state index contributed by atoms with van der Waals surface area (Å²) >= 11 is 4.90. The van der Waals surface area contributed by atoms with Crippen molar-refractivity contribution < 1.29 is 9.53 Å². The minimum atomic E-state index is -0.170. The van der Waals surface area contributed by atoms with Gasteiger partial charge < -0.3 is 15.8 Å². The first-order valence-electron chi connectivity index (χ1n) is 6.29. The Morgan fingerprint density at radius 3 is 2.68 bits per heavy atom. The second-order valence-electron chi connectivity index (χ2n) is 4.87. The Labute approximate surface area is 118 Å². The van der Waals surface area contributed by atoms with E-state index >= 15 is 0 Å². The van der Waals surface area contributed by atoms with Gasteiger partial charge in [-0.25, -0.2) is 0 Å². The number of ether oxygens (including phenoxy) is 1. The first kappa shape index (κ1) is 14.0. The van der Waals surface area contributed by atoms with Crippen molar-refractivity contribution >= 4 is 23.1 Å². The van der Waals surface area contributed by atoms with Crippen LogP contribution in [0.2, 0.25) is 0 Å². The number of benzene rings is 1. The summed E-state index contributed by atoms with van der Waals surface area (Å²) in [6.07, 6.45) is 3.15. The first-order chi connectivity index (χ1) is 9.06. The lowest BCUT2D eigenvalue weighted by molar-refractivity contribution is -0.0679. The monoisotopic (exact) mass is 278 g/mol. The van der Waals surface area contributed by atoms with Gasteiger partial charge in [0.2, 0.25) is 0 Å². The molecule has 2 rings (SSSR count). The van der Waals surface area contributed by atoms with Crippen molar-refractivity contribution in [3.8, 4) is 0 Å². The number of hydrogen-bond acceptors (Lipinski definition) is 3. The molecule has 0 aliphatic heterocycles. The molecule has 0 heterocycles. The molecule has 1 aliphatic rings. The summed E-state index contributed by atoms with van der Waals surface area (Å²) in [6.45, 7) is 0.541. The molecule has 102 valence electrons. The number of rotatable bonds is 5. The highest BCUT2D eigenvalue weighted by Gasteiger charge is 2.37. The molecule has 1 amide bonds. The van der Waals surface area contributed by atoms with E-state index in [9.17, 15) is 4.79 Å². The lowest BCUT2D eigenvalue weighted by Crippen LogP contribution is -2.49. The third-order valence-corrected chi connectivity index (χ3v) is 3.91. The fourth-order valence-corrected chi connectivity index (χ4v) is 2.31. The molecule has 1 aromatic carbocycles. The van der Waals surface area contributed by atoms with Crippen LogP contribution in [0.15, 0.2) is 24.3 Å². The molecule has 0 atom stereocenters. The summed E-state index contributed by atoms with van der Waals surface area (Å²) < 4.78 is 5.47. The van der Waals surface area contributed by atoms with Gasteiger partial charge in [-0.2, -0.15) is 0 Å². The van der Waals surface area contributed by atoms with Crippen LogP contribution in [-0.4, -0.2) is 30.2 Å². The van der Waals surface area contributed by atoms with Gasteiger partial charge in [-0.15, -0.1) is 0 Å². The largest absolute Gasteiger partial charge is 0.389 e. The maximum atomic E-state index is 12.1. The Kier molecular flexibility index (Phi) is 4.17. The third kappa shape index (κ3) is 3.11. The fraction of sp³-hybridized carbons (Fsp3) is 0.429. The van der Waals surface area contributed by atoms with Crippen molar-refractivity contribution in [2.24, 2.45) is 5.73 Å². The zero-order chi connectivity index (χ0) is 13.9. The Bertz CT molecular complexity index is 492. The molecule has 19 heavy (non-hydrogen) atoms. The van der Waals surface area contributed by atoms with E-state index in [4.69, 9.17) is 22.7 Å². The summed E-state index contributed by atoms with van der Waals surface area (Å²) in [5.41, 5.74) is 6.65. The van der Waals surface area contributed by atoms with Crippen LogP contribution >= 0.6 is 12.2 Å². The number of nitrogens with one attached hydrogen (secondary N) is 1. The highest BCUT2D eigenvalue weighted by molar-refractivity contribution is 7.80. The number of carbonyl (C=O) groups is 1. The minimum absolute atomic E-state index is 0.124. The van der Waals surface area contributed by atoms with Gasteiger partial charge in [0.1, 0.15) is 4.99 Å². The smallest absolute Gasteiger partial charge is 0.251 e. The van der Waals surface area contributed by atoms with Crippen molar-refractivity contribution in [3.63, 3.8) is 0 Å². The summed E-state index contributed by atoms with van der Waals surface area (Å²) in [5, 5.41) is 2.91. The summed E-state index contributed by atoms with van der Waals surface area (Å²) in [4.78, 5) is 12.4. The van der Waals surface area contributed by atoms with Gasteiger partial charge in [0.15, 0.2) is 0 Å². The third-order valence-electron chi connectivity index (χ3n) is 3.68. The van der Waals surface area contributed by atoms with Crippen molar-refractivity contribution in [3.05, 3.63) is 35.4 Å². The van der Waals surface area contributed by atoms with Crippen LogP contribution in [0.1, 0.15) is 35.2 Å². The summed E-state index contributed by atoms with van der Waals surface area (Å²) in [7, 11) is 1.69. The number of hydrogen-bond donors (Lipinski definition) is 2. The second-order valence-corrected chi connectivity index (χ2v) is 5.31. The molecule has 0 saturated heterocycles. The molecule has 5 heteroatoms. The average Bonchev–Trinajstić information content (AvgIpc) is 2.38. The Hall–Kier alpha value is -1.46. The summed E-state index contributed by atoms with van der Waals surface area (Å²) in [6, 6.07) is 7.02. The van der Waals surface area contributed by atoms with Crippen molar-refractivity contribution in [2.75, 3.05) is 13.7 Å². The normalized spacial score (nSPS) is 16.5. The molecule has 0 bridgehead atoms. The van der Waals surface area contributed by atoms with E-state index in [2.05, 4.69) is 5.32 Å². The van der Waals surface area contributed by atoms with Crippen LogP contribution in [0.3, 0.4) is 0 Å². The number of carbonyl (C=O) groups excluding carboxylic acids is 1. The van der Waals surface area contributed by atoms with Gasteiger partial charge in [-0.1, -0.05) is 24.4 Å². The topological polar surface area (TPSA) is 64.3 Å². The maximum Gasteiger partial charge on any atom is 0.251 e. The fourth-order valence-electron chi connectivity index (χ4n) is 2.18. The van der Waals surface area contributed by atoms with Crippen LogP contribution in [-0.2, 0) is 4.74 Å². The van der Waals surface area contributed by atoms with Gasteiger partial charge in [0.05, 0.1) is 5.60 Å². The minimum Gasteiger partial charge on any atom is -0.389 e. The van der Waals surface area contributed by atoms with E-state index in [1.54, 1.807) is 31.4 Å². The Balaban J connectivity index is 2.00. The molecule has 1 fully saturated rings. The van der Waals surface area contributed by atoms with Crippen LogP contribution in [0.25, 0.3) is 0 Å². The van der Waals surface area contributed by atoms with Crippen LogP contribution < -0.4 is 11.1 Å². The molecule has 0 radical (unpaired) electrons. The zero-order valence-electron chi connectivity index (χ0n) is 10.9. The highest BCUT2D eigenvalue weighted by atomic mass is 32.1. The second kappa shape index (κ2) is 5.67. The standard InChI is InChI=1S/C14H18N2O2S/c1-18-14(6-3-7-14)9-16-13(17)11-5-2-4-10(8-11)12(15)19/h2,4-5,8H,3,6-7,9H2,1H3,(H2,15,19)(H,16,17). The molecular weight excluding hydrogens is 260 g/mol. The average molecular weight is 278 g/mol. The number of nitrogens with two attached hydrogens (primary N) is 1. The molecule has 0 unspecified atom stereocenters. The van der Waals surface area contributed by atoms with E-state index in [1.807, 2.05) is 0 Å². The molecule has 1 saturated carbocycles. The molecule has 1 aliphatic carbocycles. The van der Waals surface area contributed by atoms with Crippen LogP contribution in [0, 0.1) is 0 Å². The zero-order valence-corrected chi connectivity index (χ0v) is 11.8. The molecule has 3 N–H and O–H groups in total. The van der Waals surface area contributed by atoms with E-state index < -0.39 is 0 Å². The molecule has 1 aromatic rings. The lowest BCUT2D eigenvalue weighted by atomic mass is 9.80. The molecule has 0 aromatic heterocycles. The Morgan fingerprint density at radius 1 is 1.47 bits per heavy atom. The van der Waals surface area contributed by atoms with Crippen molar-refractivity contribution in [1.82, 2.24) is 5.32 Å². The van der Waals surface area contributed by atoms with Gasteiger partial charge in [0.25, 0.3) is 5.91 Å². The molecule has 4 nitrogen and oxygen atoms in total. The van der Waals surface area contributed by atoms with Crippen molar-refractivity contribution in [1.29, 1.82) is 0 Å².